The van der Waals surface area contributed by atoms with E-state index in [1.165, 1.54) is 0 Å². The van der Waals surface area contributed by atoms with E-state index in [9.17, 15) is 8.42 Å². The van der Waals surface area contributed by atoms with Crippen LogP contribution in [-0.4, -0.2) is 30.3 Å². The summed E-state index contributed by atoms with van der Waals surface area (Å²) in [6, 6.07) is 5.93. The van der Waals surface area contributed by atoms with Crippen LogP contribution in [0.2, 0.25) is 0 Å². The van der Waals surface area contributed by atoms with Gasteiger partial charge in [-0.3, -0.25) is 0 Å². The lowest BCUT2D eigenvalue weighted by molar-refractivity contribution is 0.573. The van der Waals surface area contributed by atoms with E-state index < -0.39 is 10.0 Å². The maximum absolute atomic E-state index is 11.2. The quantitative estimate of drug-likeness (QED) is 0.804. The first-order valence-electron chi connectivity index (χ1n) is 5.99. The van der Waals surface area contributed by atoms with Crippen LogP contribution in [0.25, 0.3) is 11.0 Å². The van der Waals surface area contributed by atoms with E-state index in [4.69, 9.17) is 0 Å². The van der Waals surface area contributed by atoms with Crippen molar-refractivity contribution < 1.29 is 8.42 Å². The first-order valence-corrected chi connectivity index (χ1v) is 7.65. The van der Waals surface area contributed by atoms with Gasteiger partial charge in [0.2, 0.25) is 10.0 Å². The van der Waals surface area contributed by atoms with E-state index in [0.29, 0.717) is 6.54 Å². The molecular weight excluding hydrogens is 250 g/mol. The van der Waals surface area contributed by atoms with Crippen LogP contribution in [0.5, 0.6) is 0 Å². The highest BCUT2D eigenvalue weighted by atomic mass is 32.2. The molecule has 2 aromatic heterocycles. The van der Waals surface area contributed by atoms with Crippen LogP contribution in [-0.2, 0) is 16.6 Å². The van der Waals surface area contributed by atoms with Gasteiger partial charge in [0, 0.05) is 30.9 Å². The number of sulfonamides is 1. The number of nitrogens with one attached hydrogen (secondary N) is 1. The molecule has 1 N–H and O–H groups in total. The van der Waals surface area contributed by atoms with Gasteiger partial charge in [0.25, 0.3) is 0 Å². The molecule has 0 aliphatic carbocycles. The summed E-state index contributed by atoms with van der Waals surface area (Å²) in [5, 5.41) is 1.10. The summed E-state index contributed by atoms with van der Waals surface area (Å²) in [4.78, 5) is 4.31. The summed E-state index contributed by atoms with van der Waals surface area (Å²) >= 11 is 0. The van der Waals surface area contributed by atoms with Crippen LogP contribution in [0.4, 0.5) is 0 Å². The Hall–Kier alpha value is -1.40. The Morgan fingerprint density at radius 1 is 1.39 bits per heavy atom. The van der Waals surface area contributed by atoms with Gasteiger partial charge in [-0.1, -0.05) is 0 Å². The van der Waals surface area contributed by atoms with Crippen LogP contribution in [0.3, 0.4) is 0 Å². The minimum absolute atomic E-state index is 0.126. The van der Waals surface area contributed by atoms with Gasteiger partial charge in [0.05, 0.1) is 5.75 Å². The first kappa shape index (κ1) is 13.0. The van der Waals surface area contributed by atoms with E-state index in [2.05, 4.69) is 9.71 Å². The van der Waals surface area contributed by atoms with Gasteiger partial charge < -0.3 is 4.57 Å². The molecule has 0 aliphatic rings. The highest BCUT2D eigenvalue weighted by Gasteiger charge is 2.05. The number of aromatic nitrogens is 2. The molecule has 0 saturated carbocycles. The van der Waals surface area contributed by atoms with Crippen LogP contribution < -0.4 is 4.72 Å². The zero-order valence-corrected chi connectivity index (χ0v) is 11.2. The molecule has 2 rings (SSSR count). The second kappa shape index (κ2) is 5.49. The number of hydrogen-bond donors (Lipinski definition) is 1. The summed E-state index contributed by atoms with van der Waals surface area (Å²) < 4.78 is 27.1. The second-order valence-electron chi connectivity index (χ2n) is 4.08. The van der Waals surface area contributed by atoms with Crippen molar-refractivity contribution in [3.8, 4) is 0 Å². The molecule has 0 spiro atoms. The molecule has 18 heavy (non-hydrogen) atoms. The number of rotatable bonds is 6. The molecule has 0 atom stereocenters. The minimum atomic E-state index is -3.08. The SMILES string of the molecule is CCS(=O)(=O)NCCCn1ccc2cccnc21. The maximum atomic E-state index is 11.2. The van der Waals surface area contributed by atoms with Crippen molar-refractivity contribution in [1.29, 1.82) is 0 Å². The fourth-order valence-corrected chi connectivity index (χ4v) is 2.44. The molecule has 6 heteroatoms. The van der Waals surface area contributed by atoms with Crippen LogP contribution in [0, 0.1) is 0 Å². The average molecular weight is 267 g/mol. The Labute approximate surface area is 107 Å². The molecule has 2 aromatic rings. The van der Waals surface area contributed by atoms with Crippen molar-refractivity contribution >= 4 is 21.1 Å². The van der Waals surface area contributed by atoms with Crippen molar-refractivity contribution in [1.82, 2.24) is 14.3 Å². The van der Waals surface area contributed by atoms with Crippen molar-refractivity contribution in [2.24, 2.45) is 0 Å². The molecule has 0 bridgehead atoms. The van der Waals surface area contributed by atoms with Gasteiger partial charge in [0.1, 0.15) is 5.65 Å². The zero-order valence-electron chi connectivity index (χ0n) is 10.3. The van der Waals surface area contributed by atoms with E-state index in [1.807, 2.05) is 29.0 Å². The molecule has 0 aliphatic heterocycles. The largest absolute Gasteiger partial charge is 0.332 e. The predicted octanol–water partition coefficient (Wildman–Crippen LogP) is 1.37. The number of hydrogen-bond acceptors (Lipinski definition) is 3. The van der Waals surface area contributed by atoms with Crippen molar-refractivity contribution in [3.63, 3.8) is 0 Å². The Morgan fingerprint density at radius 3 is 3.00 bits per heavy atom. The van der Waals surface area contributed by atoms with E-state index >= 15 is 0 Å². The van der Waals surface area contributed by atoms with Gasteiger partial charge in [0.15, 0.2) is 0 Å². The second-order valence-corrected chi connectivity index (χ2v) is 6.17. The van der Waals surface area contributed by atoms with Gasteiger partial charge in [-0.05, 0) is 31.5 Å². The van der Waals surface area contributed by atoms with Crippen molar-refractivity contribution in [2.75, 3.05) is 12.3 Å². The highest BCUT2D eigenvalue weighted by Crippen LogP contribution is 2.12. The number of pyridine rings is 1. The molecular formula is C12H17N3O2S. The molecule has 0 saturated heterocycles. The van der Waals surface area contributed by atoms with Crippen LogP contribution in [0.15, 0.2) is 30.6 Å². The Kier molecular flexibility index (Phi) is 3.98. The van der Waals surface area contributed by atoms with E-state index in [1.54, 1.807) is 13.1 Å². The van der Waals surface area contributed by atoms with Gasteiger partial charge in [-0.15, -0.1) is 0 Å². The lowest BCUT2D eigenvalue weighted by Crippen LogP contribution is -2.26. The standard InChI is InChI=1S/C12H17N3O2S/c1-2-18(16,17)14-8-4-9-15-10-6-11-5-3-7-13-12(11)15/h3,5-7,10,14H,2,4,8-9H2,1H3. The molecule has 5 nitrogen and oxygen atoms in total. The highest BCUT2D eigenvalue weighted by molar-refractivity contribution is 7.89. The maximum Gasteiger partial charge on any atom is 0.211 e. The normalized spacial score (nSPS) is 12.1. The van der Waals surface area contributed by atoms with E-state index in [0.717, 1.165) is 24.0 Å². The number of nitrogens with zero attached hydrogens (tertiary/aromatic N) is 2. The summed E-state index contributed by atoms with van der Waals surface area (Å²) in [7, 11) is -3.08. The van der Waals surface area contributed by atoms with Gasteiger partial charge >= 0.3 is 0 Å². The average Bonchev–Trinajstić information content (AvgIpc) is 2.78. The number of fused-ring (bicyclic) bond motifs is 1. The molecule has 98 valence electrons. The molecule has 0 radical (unpaired) electrons. The Bertz CT molecular complexity index is 619. The Balaban J connectivity index is 1.91. The lowest BCUT2D eigenvalue weighted by Gasteiger charge is -2.06. The molecule has 0 unspecified atom stereocenters. The van der Waals surface area contributed by atoms with Crippen LogP contribution >= 0.6 is 0 Å². The minimum Gasteiger partial charge on any atom is -0.332 e. The summed E-state index contributed by atoms with van der Waals surface area (Å²) in [6.07, 6.45) is 4.49. The van der Waals surface area contributed by atoms with Crippen molar-refractivity contribution in [2.45, 2.75) is 19.9 Å². The van der Waals surface area contributed by atoms with E-state index in [-0.39, 0.29) is 5.75 Å². The fraction of sp³-hybridized carbons (Fsp3) is 0.417. The third-order valence-corrected chi connectivity index (χ3v) is 4.20. The molecule has 2 heterocycles. The third kappa shape index (κ3) is 3.08. The topological polar surface area (TPSA) is 64.0 Å². The smallest absolute Gasteiger partial charge is 0.211 e. The first-order chi connectivity index (χ1) is 8.62. The molecule has 0 amide bonds. The zero-order chi connectivity index (χ0) is 13.0. The van der Waals surface area contributed by atoms with Gasteiger partial charge in [-0.25, -0.2) is 18.1 Å². The fourth-order valence-electron chi connectivity index (χ4n) is 1.78. The molecule has 0 aromatic carbocycles. The number of aryl methyl sites for hydroxylation is 1. The molecule has 0 fully saturated rings. The summed E-state index contributed by atoms with van der Waals surface area (Å²) in [5.41, 5.74) is 0.941. The summed E-state index contributed by atoms with van der Waals surface area (Å²) in [6.45, 7) is 2.85. The third-order valence-electron chi connectivity index (χ3n) is 2.80. The lowest BCUT2D eigenvalue weighted by atomic mass is 10.3. The van der Waals surface area contributed by atoms with Crippen molar-refractivity contribution in [3.05, 3.63) is 30.6 Å². The summed E-state index contributed by atoms with van der Waals surface area (Å²) in [5.74, 6) is 0.126. The van der Waals surface area contributed by atoms with Crippen LogP contribution in [0.1, 0.15) is 13.3 Å². The Morgan fingerprint density at radius 2 is 2.22 bits per heavy atom. The monoisotopic (exact) mass is 267 g/mol. The predicted molar refractivity (Wildman–Crippen MR) is 71.8 cm³/mol. The van der Waals surface area contributed by atoms with Gasteiger partial charge in [-0.2, -0.15) is 0 Å².